The second kappa shape index (κ2) is 5.14. The Balaban J connectivity index is 1.76. The SMILES string of the molecule is CO[Si](CC[C@H]1CC[C@H]2O[C@@H]2C1)(OC)OC. The molecule has 1 aliphatic carbocycles. The largest absolute Gasteiger partial charge is 0.500 e. The third-order valence-electron chi connectivity index (χ3n) is 3.90. The van der Waals surface area contributed by atoms with Crippen molar-refractivity contribution in [1.82, 2.24) is 0 Å². The summed E-state index contributed by atoms with van der Waals surface area (Å²) in [4.78, 5) is 0. The van der Waals surface area contributed by atoms with Crippen LogP contribution in [-0.2, 0) is 18.0 Å². The maximum atomic E-state index is 5.54. The Kier molecular flexibility index (Phi) is 4.02. The number of ether oxygens (including phenoxy) is 1. The van der Waals surface area contributed by atoms with Crippen molar-refractivity contribution in [3.63, 3.8) is 0 Å². The second-order valence-corrected chi connectivity index (χ2v) is 7.82. The number of hydrogen-bond donors (Lipinski definition) is 0. The summed E-state index contributed by atoms with van der Waals surface area (Å²) < 4.78 is 21.8. The summed E-state index contributed by atoms with van der Waals surface area (Å²) in [5.41, 5.74) is 0. The molecule has 0 radical (unpaired) electrons. The van der Waals surface area contributed by atoms with Crippen LogP contribution in [0.5, 0.6) is 0 Å². The summed E-state index contributed by atoms with van der Waals surface area (Å²) >= 11 is 0. The first-order valence-electron chi connectivity index (χ1n) is 6.04. The number of fused-ring (bicyclic) bond motifs is 1. The van der Waals surface area contributed by atoms with Crippen LogP contribution in [0.15, 0.2) is 0 Å². The monoisotopic (exact) mass is 246 g/mol. The van der Waals surface area contributed by atoms with Crippen LogP contribution < -0.4 is 0 Å². The lowest BCUT2D eigenvalue weighted by Gasteiger charge is -2.27. The van der Waals surface area contributed by atoms with Crippen molar-refractivity contribution in [2.24, 2.45) is 5.92 Å². The molecule has 2 fully saturated rings. The normalized spacial score (nSPS) is 33.6. The van der Waals surface area contributed by atoms with E-state index >= 15 is 0 Å². The molecule has 0 amide bonds. The van der Waals surface area contributed by atoms with Crippen LogP contribution in [0, 0.1) is 5.92 Å². The van der Waals surface area contributed by atoms with Gasteiger partial charge in [0.2, 0.25) is 0 Å². The third kappa shape index (κ3) is 2.65. The van der Waals surface area contributed by atoms with Crippen LogP contribution in [-0.4, -0.2) is 42.3 Å². The number of epoxide rings is 1. The van der Waals surface area contributed by atoms with Gasteiger partial charge in [-0.2, -0.15) is 0 Å². The van der Waals surface area contributed by atoms with Crippen LogP contribution in [0.4, 0.5) is 0 Å². The van der Waals surface area contributed by atoms with Gasteiger partial charge in [-0.15, -0.1) is 0 Å². The fourth-order valence-electron chi connectivity index (χ4n) is 2.69. The molecule has 4 nitrogen and oxygen atoms in total. The summed E-state index contributed by atoms with van der Waals surface area (Å²) in [6, 6.07) is 0.915. The zero-order valence-electron chi connectivity index (χ0n) is 10.4. The quantitative estimate of drug-likeness (QED) is 0.529. The molecule has 0 unspecified atom stereocenters. The van der Waals surface area contributed by atoms with Crippen molar-refractivity contribution in [3.8, 4) is 0 Å². The van der Waals surface area contributed by atoms with Crippen LogP contribution in [0.3, 0.4) is 0 Å². The molecular formula is C11H22O4Si. The fraction of sp³-hybridized carbons (Fsp3) is 1.00. The maximum Gasteiger partial charge on any atom is 0.500 e. The first-order valence-corrected chi connectivity index (χ1v) is 7.97. The van der Waals surface area contributed by atoms with Gasteiger partial charge in [0.1, 0.15) is 0 Å². The van der Waals surface area contributed by atoms with Crippen molar-refractivity contribution in [2.45, 2.75) is 43.9 Å². The molecule has 5 heteroatoms. The Bertz CT molecular complexity index is 224. The van der Waals surface area contributed by atoms with Crippen LogP contribution >= 0.6 is 0 Å². The molecule has 1 saturated carbocycles. The predicted octanol–water partition coefficient (Wildman–Crippen LogP) is 1.82. The molecule has 0 spiro atoms. The van der Waals surface area contributed by atoms with Gasteiger partial charge in [-0.25, -0.2) is 0 Å². The Morgan fingerprint density at radius 1 is 1.06 bits per heavy atom. The molecule has 0 aromatic carbocycles. The van der Waals surface area contributed by atoms with Crippen molar-refractivity contribution in [2.75, 3.05) is 21.3 Å². The molecule has 1 aliphatic heterocycles. The minimum atomic E-state index is -2.35. The Morgan fingerprint density at radius 2 is 1.75 bits per heavy atom. The van der Waals surface area contributed by atoms with Gasteiger partial charge in [-0.3, -0.25) is 0 Å². The lowest BCUT2D eigenvalue weighted by Crippen LogP contribution is -2.43. The summed E-state index contributed by atoms with van der Waals surface area (Å²) in [6.45, 7) is 0. The van der Waals surface area contributed by atoms with Crippen molar-refractivity contribution in [3.05, 3.63) is 0 Å². The molecule has 3 atom stereocenters. The molecule has 2 rings (SSSR count). The standard InChI is InChI=1S/C11H22O4Si/c1-12-16(13-2,14-3)7-6-9-4-5-10-11(8-9)15-10/h9-11H,4-8H2,1-3H3/t9-,10-,11-/m1/s1. The lowest BCUT2D eigenvalue weighted by molar-refractivity contribution is 0.120. The van der Waals surface area contributed by atoms with Crippen LogP contribution in [0.2, 0.25) is 6.04 Å². The van der Waals surface area contributed by atoms with E-state index in [2.05, 4.69) is 0 Å². The molecule has 0 aromatic heterocycles. The highest BCUT2D eigenvalue weighted by atomic mass is 28.4. The molecular weight excluding hydrogens is 224 g/mol. The number of rotatable bonds is 6. The van der Waals surface area contributed by atoms with Crippen LogP contribution in [0.25, 0.3) is 0 Å². The van der Waals surface area contributed by atoms with E-state index in [0.29, 0.717) is 12.2 Å². The highest BCUT2D eigenvalue weighted by Gasteiger charge is 2.45. The van der Waals surface area contributed by atoms with E-state index in [1.165, 1.54) is 19.3 Å². The maximum absolute atomic E-state index is 5.54. The van der Waals surface area contributed by atoms with E-state index in [1.807, 2.05) is 0 Å². The van der Waals surface area contributed by atoms with Gasteiger partial charge in [-0.1, -0.05) is 0 Å². The van der Waals surface area contributed by atoms with Crippen molar-refractivity contribution in [1.29, 1.82) is 0 Å². The average Bonchev–Trinajstić information content (AvgIpc) is 3.10. The highest BCUT2D eigenvalue weighted by molar-refractivity contribution is 6.60. The van der Waals surface area contributed by atoms with E-state index < -0.39 is 8.80 Å². The molecule has 1 saturated heterocycles. The van der Waals surface area contributed by atoms with Crippen molar-refractivity contribution < 1.29 is 18.0 Å². The summed E-state index contributed by atoms with van der Waals surface area (Å²) in [5, 5.41) is 0. The Labute approximate surface area is 98.6 Å². The predicted molar refractivity (Wildman–Crippen MR) is 62.2 cm³/mol. The Hall–Kier alpha value is 0.0569. The first-order chi connectivity index (χ1) is 7.73. The van der Waals surface area contributed by atoms with E-state index in [-0.39, 0.29) is 0 Å². The summed E-state index contributed by atoms with van der Waals surface area (Å²) in [7, 11) is 2.69. The van der Waals surface area contributed by atoms with Crippen molar-refractivity contribution >= 4 is 8.80 Å². The highest BCUT2D eigenvalue weighted by Crippen LogP contribution is 2.41. The molecule has 1 heterocycles. The molecule has 2 aliphatic rings. The zero-order valence-corrected chi connectivity index (χ0v) is 11.4. The second-order valence-electron chi connectivity index (χ2n) is 4.73. The molecule has 94 valence electrons. The third-order valence-corrected chi connectivity index (χ3v) is 6.67. The minimum Gasteiger partial charge on any atom is -0.377 e. The van der Waals surface area contributed by atoms with E-state index in [4.69, 9.17) is 18.0 Å². The molecule has 0 aromatic rings. The Morgan fingerprint density at radius 3 is 2.31 bits per heavy atom. The molecule has 16 heavy (non-hydrogen) atoms. The van der Waals surface area contributed by atoms with Crippen LogP contribution in [0.1, 0.15) is 25.7 Å². The van der Waals surface area contributed by atoms with Gasteiger partial charge in [0.25, 0.3) is 0 Å². The first kappa shape index (κ1) is 12.5. The topological polar surface area (TPSA) is 40.2 Å². The minimum absolute atomic E-state index is 0.558. The number of hydrogen-bond acceptors (Lipinski definition) is 4. The average molecular weight is 246 g/mol. The summed E-state index contributed by atoms with van der Waals surface area (Å²) in [5.74, 6) is 0.760. The van der Waals surface area contributed by atoms with Gasteiger partial charge in [0.05, 0.1) is 12.2 Å². The van der Waals surface area contributed by atoms with E-state index in [1.54, 1.807) is 21.3 Å². The zero-order chi connectivity index (χ0) is 11.6. The van der Waals surface area contributed by atoms with Gasteiger partial charge in [0.15, 0.2) is 0 Å². The van der Waals surface area contributed by atoms with Gasteiger partial charge in [0, 0.05) is 27.4 Å². The fourth-order valence-corrected chi connectivity index (χ4v) is 4.56. The van der Waals surface area contributed by atoms with Gasteiger partial charge in [-0.05, 0) is 31.6 Å². The lowest BCUT2D eigenvalue weighted by atomic mass is 9.88. The summed E-state index contributed by atoms with van der Waals surface area (Å²) in [6.07, 6.45) is 6.01. The van der Waals surface area contributed by atoms with Gasteiger partial charge < -0.3 is 18.0 Å². The van der Waals surface area contributed by atoms with E-state index in [0.717, 1.165) is 18.4 Å². The van der Waals surface area contributed by atoms with E-state index in [9.17, 15) is 0 Å². The smallest absolute Gasteiger partial charge is 0.377 e. The van der Waals surface area contributed by atoms with Gasteiger partial charge >= 0.3 is 8.80 Å². The molecule has 0 bridgehead atoms. The molecule has 0 N–H and O–H groups in total.